The molecule has 29 heavy (non-hydrogen) atoms. The van der Waals surface area contributed by atoms with Crippen LogP contribution in [0.2, 0.25) is 0 Å². The molecular weight excluding hydrogens is 374 g/mol. The molecule has 1 aliphatic rings. The highest BCUT2D eigenvalue weighted by Crippen LogP contribution is 2.39. The summed E-state index contributed by atoms with van der Waals surface area (Å²) in [7, 11) is 3.16. The monoisotopic (exact) mass is 401 g/mol. The van der Waals surface area contributed by atoms with E-state index in [-0.39, 0.29) is 12.4 Å². The van der Waals surface area contributed by atoms with E-state index in [0.29, 0.717) is 42.4 Å². The zero-order chi connectivity index (χ0) is 21.0. The fourth-order valence-corrected chi connectivity index (χ4v) is 3.63. The predicted molar refractivity (Wildman–Crippen MR) is 108 cm³/mol. The first kappa shape index (κ1) is 21.1. The van der Waals surface area contributed by atoms with Gasteiger partial charge in [-0.1, -0.05) is 12.1 Å². The Hall–Kier alpha value is -2.61. The van der Waals surface area contributed by atoms with E-state index in [0.717, 1.165) is 11.1 Å². The Morgan fingerprint density at radius 3 is 2.62 bits per heavy atom. The molecule has 0 radical (unpaired) electrons. The first-order valence-corrected chi connectivity index (χ1v) is 9.49. The van der Waals surface area contributed by atoms with E-state index in [1.165, 1.54) is 6.92 Å². The average Bonchev–Trinajstić information content (AvgIpc) is 2.71. The summed E-state index contributed by atoms with van der Waals surface area (Å²) < 4.78 is 16.5. The molecule has 0 bridgehead atoms. The highest BCUT2D eigenvalue weighted by atomic mass is 16.5. The van der Waals surface area contributed by atoms with Crippen molar-refractivity contribution in [2.75, 3.05) is 33.9 Å². The maximum Gasteiger partial charge on any atom is 0.159 e. The standard InChI is InChI=1S/C22H27NO6/c1-14(24)15-5-4-6-17(9-15)29-13-16(25)10-23-11-18-20(27-2)7-8-21(28-3)22(18)19(26)12-23/h4-9,16,19,25-26H,10-13H2,1-3H3/t16-,19+/m0/s1. The summed E-state index contributed by atoms with van der Waals surface area (Å²) in [6.07, 6.45) is -1.51. The van der Waals surface area contributed by atoms with Crippen LogP contribution < -0.4 is 14.2 Å². The Morgan fingerprint density at radius 1 is 1.21 bits per heavy atom. The lowest BCUT2D eigenvalue weighted by Crippen LogP contribution is -2.40. The van der Waals surface area contributed by atoms with Crippen molar-refractivity contribution >= 4 is 5.78 Å². The van der Waals surface area contributed by atoms with Crippen molar-refractivity contribution in [3.05, 3.63) is 53.1 Å². The molecule has 0 fully saturated rings. The lowest BCUT2D eigenvalue weighted by Gasteiger charge is -2.34. The van der Waals surface area contributed by atoms with Crippen molar-refractivity contribution in [2.45, 2.75) is 25.7 Å². The lowest BCUT2D eigenvalue weighted by molar-refractivity contribution is 0.0322. The first-order valence-electron chi connectivity index (χ1n) is 9.49. The zero-order valence-electron chi connectivity index (χ0n) is 16.9. The summed E-state index contributed by atoms with van der Waals surface area (Å²) in [6, 6.07) is 10.5. The average molecular weight is 401 g/mol. The summed E-state index contributed by atoms with van der Waals surface area (Å²) in [5.41, 5.74) is 2.15. The highest BCUT2D eigenvalue weighted by molar-refractivity contribution is 5.94. The molecule has 2 N–H and O–H groups in total. The van der Waals surface area contributed by atoms with Gasteiger partial charge in [0.1, 0.15) is 30.0 Å². The number of Topliss-reactive ketones (excluding diaryl/α,β-unsaturated/α-hetero) is 1. The minimum absolute atomic E-state index is 0.0404. The minimum atomic E-state index is -0.763. The van der Waals surface area contributed by atoms with Gasteiger partial charge in [0, 0.05) is 36.3 Å². The number of ketones is 1. The van der Waals surface area contributed by atoms with Crippen LogP contribution in [0.1, 0.15) is 34.5 Å². The predicted octanol–water partition coefficient (Wildman–Crippen LogP) is 2.20. The number of benzene rings is 2. The number of fused-ring (bicyclic) bond motifs is 1. The number of rotatable bonds is 8. The van der Waals surface area contributed by atoms with Crippen LogP contribution in [0.3, 0.4) is 0 Å². The van der Waals surface area contributed by atoms with Gasteiger partial charge in [-0.25, -0.2) is 0 Å². The summed E-state index contributed by atoms with van der Waals surface area (Å²) in [5, 5.41) is 21.1. The second kappa shape index (κ2) is 9.26. The van der Waals surface area contributed by atoms with Crippen molar-refractivity contribution in [3.8, 4) is 17.2 Å². The summed E-state index contributed by atoms with van der Waals surface area (Å²) >= 11 is 0. The molecule has 156 valence electrons. The number of hydrogen-bond donors (Lipinski definition) is 2. The van der Waals surface area contributed by atoms with Gasteiger partial charge in [0.15, 0.2) is 5.78 Å². The molecule has 0 aliphatic carbocycles. The van der Waals surface area contributed by atoms with Gasteiger partial charge in [-0.15, -0.1) is 0 Å². The van der Waals surface area contributed by atoms with E-state index in [2.05, 4.69) is 0 Å². The molecule has 0 saturated heterocycles. The molecule has 0 aromatic heterocycles. The quantitative estimate of drug-likeness (QED) is 0.656. The second-order valence-electron chi connectivity index (χ2n) is 7.12. The third-order valence-electron chi connectivity index (χ3n) is 5.01. The minimum Gasteiger partial charge on any atom is -0.496 e. The number of carbonyl (C=O) groups is 1. The number of ether oxygens (including phenoxy) is 3. The molecule has 2 aromatic rings. The maximum atomic E-state index is 11.5. The fraction of sp³-hybridized carbons (Fsp3) is 0.409. The summed E-state index contributed by atoms with van der Waals surface area (Å²) in [4.78, 5) is 13.4. The van der Waals surface area contributed by atoms with E-state index in [1.54, 1.807) is 44.6 Å². The molecular formula is C22H27NO6. The number of aliphatic hydroxyl groups is 2. The van der Waals surface area contributed by atoms with Gasteiger partial charge in [0.25, 0.3) is 0 Å². The smallest absolute Gasteiger partial charge is 0.159 e. The van der Waals surface area contributed by atoms with Crippen LogP contribution in [-0.2, 0) is 6.54 Å². The summed E-state index contributed by atoms with van der Waals surface area (Å²) in [6.45, 7) is 2.78. The Kier molecular flexibility index (Phi) is 6.74. The van der Waals surface area contributed by atoms with E-state index < -0.39 is 12.2 Å². The van der Waals surface area contributed by atoms with E-state index >= 15 is 0 Å². The zero-order valence-corrected chi connectivity index (χ0v) is 16.9. The molecule has 7 heteroatoms. The van der Waals surface area contributed by atoms with Crippen LogP contribution in [0.5, 0.6) is 17.2 Å². The lowest BCUT2D eigenvalue weighted by atomic mass is 9.95. The highest BCUT2D eigenvalue weighted by Gasteiger charge is 2.30. The Morgan fingerprint density at radius 2 is 1.93 bits per heavy atom. The summed E-state index contributed by atoms with van der Waals surface area (Å²) in [5.74, 6) is 1.80. The first-order chi connectivity index (χ1) is 13.9. The fourth-order valence-electron chi connectivity index (χ4n) is 3.63. The van der Waals surface area contributed by atoms with Gasteiger partial charge in [-0.05, 0) is 31.2 Å². The number of methoxy groups -OCH3 is 2. The van der Waals surface area contributed by atoms with Crippen molar-refractivity contribution < 1.29 is 29.2 Å². The van der Waals surface area contributed by atoms with Crippen LogP contribution in [0.15, 0.2) is 36.4 Å². The Bertz CT molecular complexity index is 868. The van der Waals surface area contributed by atoms with Crippen LogP contribution in [0.25, 0.3) is 0 Å². The molecule has 0 amide bonds. The van der Waals surface area contributed by atoms with Gasteiger partial charge in [-0.2, -0.15) is 0 Å². The van der Waals surface area contributed by atoms with Gasteiger partial charge in [-0.3, -0.25) is 9.69 Å². The number of carbonyl (C=O) groups excluding carboxylic acids is 1. The SMILES string of the molecule is COc1ccc(OC)c2c1CN(C[C@H](O)COc1cccc(C(C)=O)c1)C[C@H]2O. The Labute approximate surface area is 170 Å². The van der Waals surface area contributed by atoms with Crippen LogP contribution in [0.4, 0.5) is 0 Å². The molecule has 0 saturated carbocycles. The maximum absolute atomic E-state index is 11.5. The van der Waals surface area contributed by atoms with Gasteiger partial charge in [0.05, 0.1) is 20.3 Å². The molecule has 0 spiro atoms. The van der Waals surface area contributed by atoms with Crippen molar-refractivity contribution in [2.24, 2.45) is 0 Å². The van der Waals surface area contributed by atoms with Crippen molar-refractivity contribution in [1.29, 1.82) is 0 Å². The third-order valence-corrected chi connectivity index (χ3v) is 5.01. The molecule has 1 aliphatic heterocycles. The number of β-amino-alcohol motifs (C(OH)–C–C–N with tert-alkyl or cyclic N) is 2. The van der Waals surface area contributed by atoms with Crippen molar-refractivity contribution in [1.82, 2.24) is 4.90 Å². The molecule has 1 heterocycles. The van der Waals surface area contributed by atoms with E-state index in [9.17, 15) is 15.0 Å². The second-order valence-corrected chi connectivity index (χ2v) is 7.12. The van der Waals surface area contributed by atoms with Crippen LogP contribution >= 0.6 is 0 Å². The topological polar surface area (TPSA) is 88.5 Å². The largest absolute Gasteiger partial charge is 0.496 e. The molecule has 7 nitrogen and oxygen atoms in total. The molecule has 2 atom stereocenters. The molecule has 0 unspecified atom stereocenters. The number of aliphatic hydroxyl groups excluding tert-OH is 2. The van der Waals surface area contributed by atoms with Crippen LogP contribution in [0, 0.1) is 0 Å². The van der Waals surface area contributed by atoms with E-state index in [4.69, 9.17) is 14.2 Å². The number of hydrogen-bond acceptors (Lipinski definition) is 7. The van der Waals surface area contributed by atoms with Gasteiger partial charge in [0.2, 0.25) is 0 Å². The van der Waals surface area contributed by atoms with Gasteiger partial charge < -0.3 is 24.4 Å². The van der Waals surface area contributed by atoms with Crippen molar-refractivity contribution in [3.63, 3.8) is 0 Å². The molecule has 2 aromatic carbocycles. The molecule has 3 rings (SSSR count). The van der Waals surface area contributed by atoms with Crippen LogP contribution in [-0.4, -0.2) is 60.9 Å². The number of nitrogens with zero attached hydrogens (tertiary/aromatic N) is 1. The normalized spacial score (nSPS) is 17.3. The van der Waals surface area contributed by atoms with E-state index in [1.807, 2.05) is 11.0 Å². The third kappa shape index (κ3) is 4.87. The van der Waals surface area contributed by atoms with Gasteiger partial charge >= 0.3 is 0 Å². The Balaban J connectivity index is 1.64.